The minimum Gasteiger partial charge on any atom is -0.493 e. The Bertz CT molecular complexity index is 454. The van der Waals surface area contributed by atoms with Gasteiger partial charge in [0.1, 0.15) is 0 Å². The van der Waals surface area contributed by atoms with Gasteiger partial charge in [-0.2, -0.15) is 0 Å². The van der Waals surface area contributed by atoms with E-state index in [-0.39, 0.29) is 5.78 Å². The van der Waals surface area contributed by atoms with Gasteiger partial charge in [0.05, 0.1) is 19.2 Å². The highest BCUT2D eigenvalue weighted by Crippen LogP contribution is 2.41. The number of carbonyl (C=O) groups excluding carboxylic acids is 1. The van der Waals surface area contributed by atoms with Crippen molar-refractivity contribution in [2.24, 2.45) is 0 Å². The maximum atomic E-state index is 12.0. The van der Waals surface area contributed by atoms with Crippen LogP contribution in [-0.4, -0.2) is 20.0 Å². The normalized spacial score (nSPS) is 15.1. The van der Waals surface area contributed by atoms with Crippen LogP contribution >= 0.6 is 11.6 Å². The van der Waals surface area contributed by atoms with Gasteiger partial charge >= 0.3 is 0 Å². The van der Waals surface area contributed by atoms with Crippen molar-refractivity contribution in [3.63, 3.8) is 0 Å². The molecule has 0 saturated heterocycles. The van der Waals surface area contributed by atoms with Crippen LogP contribution in [0.15, 0.2) is 6.07 Å². The van der Waals surface area contributed by atoms with Gasteiger partial charge in [-0.25, -0.2) is 0 Å². The van der Waals surface area contributed by atoms with Crippen LogP contribution in [0.25, 0.3) is 0 Å². The quantitative estimate of drug-likeness (QED) is 0.760. The summed E-state index contributed by atoms with van der Waals surface area (Å²) in [4.78, 5) is 12.0. The Morgan fingerprint density at radius 3 is 2.53 bits per heavy atom. The zero-order valence-electron chi connectivity index (χ0n) is 10.0. The summed E-state index contributed by atoms with van der Waals surface area (Å²) in [7, 11) is 3.09. The Labute approximate surface area is 106 Å². The smallest absolute Gasteiger partial charge is 0.179 e. The molecule has 92 valence electrons. The fourth-order valence-electron chi connectivity index (χ4n) is 2.20. The first-order chi connectivity index (χ1) is 8.19. The van der Waals surface area contributed by atoms with Crippen LogP contribution < -0.4 is 9.47 Å². The lowest BCUT2D eigenvalue weighted by Gasteiger charge is -2.15. The number of ether oxygens (including phenoxy) is 2. The van der Waals surface area contributed by atoms with E-state index in [9.17, 15) is 4.79 Å². The number of hydrogen-bond acceptors (Lipinski definition) is 3. The number of methoxy groups -OCH3 is 2. The van der Waals surface area contributed by atoms with Crippen molar-refractivity contribution in [1.29, 1.82) is 0 Å². The molecule has 1 aliphatic rings. The summed E-state index contributed by atoms with van der Waals surface area (Å²) in [5, 5.41) is 0.511. The first-order valence-corrected chi connectivity index (χ1v) is 6.03. The summed E-state index contributed by atoms with van der Waals surface area (Å²) in [6.07, 6.45) is 3.29. The van der Waals surface area contributed by atoms with Crippen LogP contribution in [0.5, 0.6) is 11.5 Å². The van der Waals surface area contributed by atoms with E-state index < -0.39 is 0 Å². The highest BCUT2D eigenvalue weighted by molar-refractivity contribution is 6.33. The number of Topliss-reactive ketones (excluding diaryl/α,β-unsaturated/α-hetero) is 1. The Hall–Kier alpha value is -1.22. The summed E-state index contributed by atoms with van der Waals surface area (Å²) in [5.74, 6) is 1.18. The molecule has 0 atom stereocenters. The van der Waals surface area contributed by atoms with Crippen LogP contribution in [0.1, 0.15) is 35.2 Å². The maximum Gasteiger partial charge on any atom is 0.179 e. The second kappa shape index (κ2) is 4.96. The summed E-state index contributed by atoms with van der Waals surface area (Å²) < 4.78 is 10.5. The van der Waals surface area contributed by atoms with Gasteiger partial charge in [0.15, 0.2) is 17.3 Å². The van der Waals surface area contributed by atoms with E-state index >= 15 is 0 Å². The third kappa shape index (κ3) is 2.12. The molecular formula is C13H15ClO3. The third-order valence-corrected chi connectivity index (χ3v) is 3.49. The van der Waals surface area contributed by atoms with Crippen LogP contribution in [-0.2, 0) is 6.42 Å². The number of halogens is 1. The molecule has 0 bridgehead atoms. The number of carbonyl (C=O) groups is 1. The van der Waals surface area contributed by atoms with Gasteiger partial charge in [-0.15, -0.1) is 0 Å². The lowest BCUT2D eigenvalue weighted by Crippen LogP contribution is -2.04. The topological polar surface area (TPSA) is 35.5 Å². The van der Waals surface area contributed by atoms with E-state index in [0.717, 1.165) is 24.8 Å². The molecule has 0 aromatic heterocycles. The van der Waals surface area contributed by atoms with Crippen molar-refractivity contribution >= 4 is 17.4 Å². The molecule has 0 saturated carbocycles. The van der Waals surface area contributed by atoms with Crippen LogP contribution in [0.2, 0.25) is 5.02 Å². The first kappa shape index (κ1) is 12.2. The molecule has 4 heteroatoms. The molecule has 0 amide bonds. The molecule has 0 fully saturated rings. The van der Waals surface area contributed by atoms with Gasteiger partial charge in [0.25, 0.3) is 0 Å². The van der Waals surface area contributed by atoms with E-state index in [1.54, 1.807) is 20.3 Å². The summed E-state index contributed by atoms with van der Waals surface area (Å²) in [5.41, 5.74) is 1.58. The highest BCUT2D eigenvalue weighted by atomic mass is 35.5. The Morgan fingerprint density at radius 1 is 1.18 bits per heavy atom. The highest BCUT2D eigenvalue weighted by Gasteiger charge is 2.23. The van der Waals surface area contributed by atoms with E-state index in [1.807, 2.05) is 0 Å². The molecule has 0 unspecified atom stereocenters. The third-order valence-electron chi connectivity index (χ3n) is 3.09. The second-order valence-corrected chi connectivity index (χ2v) is 4.46. The molecule has 0 aliphatic heterocycles. The van der Waals surface area contributed by atoms with Gasteiger partial charge in [-0.3, -0.25) is 4.79 Å². The average molecular weight is 255 g/mol. The van der Waals surface area contributed by atoms with Gasteiger partial charge in [-0.1, -0.05) is 11.6 Å². The molecule has 0 heterocycles. The molecule has 1 aromatic rings. The minimum absolute atomic E-state index is 0.139. The van der Waals surface area contributed by atoms with E-state index in [1.165, 1.54) is 0 Å². The summed E-state index contributed by atoms with van der Waals surface area (Å²) in [6.45, 7) is 0. The standard InChI is InChI=1S/C13H15ClO3/c1-16-11-7-9-8(12(14)13(11)17-2)5-3-4-6-10(9)15/h7H,3-6H2,1-2H3. The Balaban J connectivity index is 2.64. The maximum absolute atomic E-state index is 12.0. The lowest BCUT2D eigenvalue weighted by molar-refractivity contribution is 0.0981. The Kier molecular flexibility index (Phi) is 3.57. The van der Waals surface area contributed by atoms with Crippen molar-refractivity contribution in [3.05, 3.63) is 22.2 Å². The monoisotopic (exact) mass is 254 g/mol. The number of benzene rings is 1. The van der Waals surface area contributed by atoms with Crippen molar-refractivity contribution in [2.45, 2.75) is 25.7 Å². The number of fused-ring (bicyclic) bond motifs is 1. The summed E-state index contributed by atoms with van der Waals surface area (Å²) in [6, 6.07) is 1.74. The van der Waals surface area contributed by atoms with Gasteiger partial charge in [0.2, 0.25) is 0 Å². The molecule has 0 N–H and O–H groups in total. The van der Waals surface area contributed by atoms with E-state index in [4.69, 9.17) is 21.1 Å². The number of rotatable bonds is 2. The largest absolute Gasteiger partial charge is 0.493 e. The predicted molar refractivity (Wildman–Crippen MR) is 66.4 cm³/mol. The minimum atomic E-state index is 0.139. The fourth-order valence-corrected chi connectivity index (χ4v) is 2.57. The van der Waals surface area contributed by atoms with Crippen LogP contribution in [0, 0.1) is 0 Å². The molecule has 2 rings (SSSR count). The van der Waals surface area contributed by atoms with Gasteiger partial charge in [0, 0.05) is 12.0 Å². The van der Waals surface area contributed by atoms with Crippen molar-refractivity contribution in [3.8, 4) is 11.5 Å². The van der Waals surface area contributed by atoms with Crippen molar-refractivity contribution < 1.29 is 14.3 Å². The molecule has 0 radical (unpaired) electrons. The SMILES string of the molecule is COc1cc2c(c(Cl)c1OC)CCCCC2=O. The predicted octanol–water partition coefficient (Wildman–Crippen LogP) is 3.27. The van der Waals surface area contributed by atoms with Crippen molar-refractivity contribution in [1.82, 2.24) is 0 Å². The van der Waals surface area contributed by atoms with Gasteiger partial charge in [-0.05, 0) is 30.9 Å². The molecule has 17 heavy (non-hydrogen) atoms. The second-order valence-electron chi connectivity index (χ2n) is 4.08. The molecular weight excluding hydrogens is 240 g/mol. The van der Waals surface area contributed by atoms with E-state index in [2.05, 4.69) is 0 Å². The molecule has 0 spiro atoms. The van der Waals surface area contributed by atoms with Gasteiger partial charge < -0.3 is 9.47 Å². The fraction of sp³-hybridized carbons (Fsp3) is 0.462. The number of ketones is 1. The molecule has 1 aromatic carbocycles. The molecule has 3 nitrogen and oxygen atoms in total. The lowest BCUT2D eigenvalue weighted by atomic mass is 10.0. The molecule has 1 aliphatic carbocycles. The Morgan fingerprint density at radius 2 is 1.88 bits per heavy atom. The zero-order valence-corrected chi connectivity index (χ0v) is 10.8. The van der Waals surface area contributed by atoms with Crippen LogP contribution in [0.3, 0.4) is 0 Å². The van der Waals surface area contributed by atoms with E-state index in [0.29, 0.717) is 28.5 Å². The summed E-state index contributed by atoms with van der Waals surface area (Å²) >= 11 is 6.29. The first-order valence-electron chi connectivity index (χ1n) is 5.65. The van der Waals surface area contributed by atoms with Crippen LogP contribution in [0.4, 0.5) is 0 Å². The number of hydrogen-bond donors (Lipinski definition) is 0. The van der Waals surface area contributed by atoms with Crippen molar-refractivity contribution in [2.75, 3.05) is 14.2 Å². The average Bonchev–Trinajstić information content (AvgIpc) is 2.52. The zero-order chi connectivity index (χ0) is 12.4.